The standard InChI is InChI=1S/C21H32N4O4/c1-3-28-20(26)15-29-19-6-4-17(5-7-19)23-21(27)25-13-12-24(14-16(25)2)18-8-10-22-11-9-18/h4-7,16,18,22H,3,8-15H2,1-2H3,(H,23,27). The first kappa shape index (κ1) is 21.4. The number of nitrogens with one attached hydrogen (secondary N) is 2. The van der Waals surface area contributed by atoms with Gasteiger partial charge in [-0.15, -0.1) is 0 Å². The van der Waals surface area contributed by atoms with Gasteiger partial charge in [-0.05, 0) is 64.0 Å². The quantitative estimate of drug-likeness (QED) is 0.705. The number of nitrogens with zero attached hydrogens (tertiary/aromatic N) is 2. The van der Waals surface area contributed by atoms with E-state index in [0.29, 0.717) is 24.1 Å². The van der Waals surface area contributed by atoms with Crippen LogP contribution in [0.2, 0.25) is 0 Å². The molecule has 0 aromatic heterocycles. The lowest BCUT2D eigenvalue weighted by atomic mass is 10.0. The van der Waals surface area contributed by atoms with Crippen LogP contribution in [0.5, 0.6) is 5.75 Å². The molecule has 0 radical (unpaired) electrons. The van der Waals surface area contributed by atoms with Gasteiger partial charge in [0.25, 0.3) is 0 Å². The second kappa shape index (κ2) is 10.5. The lowest BCUT2D eigenvalue weighted by Gasteiger charge is -2.44. The number of piperazine rings is 1. The number of carbonyl (C=O) groups excluding carboxylic acids is 2. The molecule has 2 aliphatic rings. The molecule has 2 fully saturated rings. The Hall–Kier alpha value is -2.32. The van der Waals surface area contributed by atoms with Crippen LogP contribution in [0.15, 0.2) is 24.3 Å². The molecule has 1 aromatic rings. The van der Waals surface area contributed by atoms with Crippen molar-refractivity contribution in [3.63, 3.8) is 0 Å². The fourth-order valence-corrected chi connectivity index (χ4v) is 3.97. The van der Waals surface area contributed by atoms with Crippen molar-refractivity contribution < 1.29 is 19.1 Å². The number of benzene rings is 1. The number of ether oxygens (including phenoxy) is 2. The maximum atomic E-state index is 12.7. The van der Waals surface area contributed by atoms with Gasteiger partial charge in [0, 0.05) is 37.4 Å². The number of carbonyl (C=O) groups is 2. The predicted molar refractivity (Wildman–Crippen MR) is 111 cm³/mol. The van der Waals surface area contributed by atoms with Crippen LogP contribution in [0.4, 0.5) is 10.5 Å². The molecule has 0 saturated carbocycles. The lowest BCUT2D eigenvalue weighted by molar-refractivity contribution is -0.145. The molecule has 3 rings (SSSR count). The van der Waals surface area contributed by atoms with Crippen molar-refractivity contribution in [1.82, 2.24) is 15.1 Å². The van der Waals surface area contributed by atoms with Crippen LogP contribution in [0.1, 0.15) is 26.7 Å². The summed E-state index contributed by atoms with van der Waals surface area (Å²) in [6.07, 6.45) is 2.37. The largest absolute Gasteiger partial charge is 0.482 e. The summed E-state index contributed by atoms with van der Waals surface area (Å²) < 4.78 is 10.2. The first-order chi connectivity index (χ1) is 14.1. The zero-order chi connectivity index (χ0) is 20.6. The minimum Gasteiger partial charge on any atom is -0.482 e. The van der Waals surface area contributed by atoms with Crippen molar-refractivity contribution in [1.29, 1.82) is 0 Å². The third-order valence-corrected chi connectivity index (χ3v) is 5.51. The smallest absolute Gasteiger partial charge is 0.344 e. The Morgan fingerprint density at radius 1 is 1.17 bits per heavy atom. The zero-order valence-corrected chi connectivity index (χ0v) is 17.4. The molecule has 8 heteroatoms. The van der Waals surface area contributed by atoms with Gasteiger partial charge in [0.15, 0.2) is 6.61 Å². The van der Waals surface area contributed by atoms with Crippen LogP contribution in [0.25, 0.3) is 0 Å². The van der Waals surface area contributed by atoms with Crippen molar-refractivity contribution in [3.05, 3.63) is 24.3 Å². The minimum atomic E-state index is -0.400. The number of urea groups is 1. The second-order valence-corrected chi connectivity index (χ2v) is 7.57. The van der Waals surface area contributed by atoms with E-state index in [2.05, 4.69) is 22.5 Å². The van der Waals surface area contributed by atoms with Crippen LogP contribution in [-0.4, -0.2) is 79.8 Å². The summed E-state index contributed by atoms with van der Waals surface area (Å²) in [6.45, 7) is 8.80. The average molecular weight is 405 g/mol. The highest BCUT2D eigenvalue weighted by Gasteiger charge is 2.31. The second-order valence-electron chi connectivity index (χ2n) is 7.57. The van der Waals surface area contributed by atoms with Crippen LogP contribution in [0, 0.1) is 0 Å². The van der Waals surface area contributed by atoms with Crippen LogP contribution in [0.3, 0.4) is 0 Å². The van der Waals surface area contributed by atoms with Crippen LogP contribution < -0.4 is 15.4 Å². The molecule has 1 aromatic carbocycles. The molecular formula is C21H32N4O4. The summed E-state index contributed by atoms with van der Waals surface area (Å²) >= 11 is 0. The van der Waals surface area contributed by atoms with Crippen molar-refractivity contribution in [2.45, 2.75) is 38.8 Å². The monoisotopic (exact) mass is 404 g/mol. The molecule has 1 unspecified atom stereocenters. The molecule has 29 heavy (non-hydrogen) atoms. The van der Waals surface area contributed by atoms with E-state index in [0.717, 1.165) is 32.7 Å². The highest BCUT2D eigenvalue weighted by atomic mass is 16.6. The number of piperidine rings is 1. The fourth-order valence-electron chi connectivity index (χ4n) is 3.97. The SMILES string of the molecule is CCOC(=O)COc1ccc(NC(=O)N2CCN(C3CCNCC3)CC2C)cc1. The molecule has 2 amide bonds. The molecule has 0 bridgehead atoms. The third kappa shape index (κ3) is 6.08. The van der Waals surface area contributed by atoms with Crippen LogP contribution >= 0.6 is 0 Å². The summed E-state index contributed by atoms with van der Waals surface area (Å²) in [4.78, 5) is 28.5. The van der Waals surface area contributed by atoms with Gasteiger partial charge < -0.3 is 25.0 Å². The van der Waals surface area contributed by atoms with E-state index >= 15 is 0 Å². The van der Waals surface area contributed by atoms with Crippen molar-refractivity contribution >= 4 is 17.7 Å². The maximum Gasteiger partial charge on any atom is 0.344 e. The molecule has 160 valence electrons. The summed E-state index contributed by atoms with van der Waals surface area (Å²) in [6, 6.07) is 7.73. The normalized spacial score (nSPS) is 20.9. The molecular weight excluding hydrogens is 372 g/mol. The Morgan fingerprint density at radius 3 is 2.55 bits per heavy atom. The number of esters is 1. The van der Waals surface area contributed by atoms with E-state index in [9.17, 15) is 9.59 Å². The van der Waals surface area contributed by atoms with Gasteiger partial charge in [-0.2, -0.15) is 0 Å². The first-order valence-electron chi connectivity index (χ1n) is 10.5. The predicted octanol–water partition coefficient (Wildman–Crippen LogP) is 1.92. The van der Waals surface area contributed by atoms with Crippen molar-refractivity contribution in [2.75, 3.05) is 51.3 Å². The van der Waals surface area contributed by atoms with Gasteiger partial charge in [0.1, 0.15) is 5.75 Å². The van der Waals surface area contributed by atoms with Gasteiger partial charge in [-0.3, -0.25) is 4.90 Å². The van der Waals surface area contributed by atoms with E-state index in [1.165, 1.54) is 12.8 Å². The summed E-state index contributed by atoms with van der Waals surface area (Å²) in [5.41, 5.74) is 0.700. The third-order valence-electron chi connectivity index (χ3n) is 5.51. The highest BCUT2D eigenvalue weighted by molar-refractivity contribution is 5.89. The van der Waals surface area contributed by atoms with E-state index < -0.39 is 5.97 Å². The molecule has 0 spiro atoms. The highest BCUT2D eigenvalue weighted by Crippen LogP contribution is 2.20. The van der Waals surface area contributed by atoms with Crippen LogP contribution in [-0.2, 0) is 9.53 Å². The molecule has 1 atom stereocenters. The van der Waals surface area contributed by atoms with Gasteiger partial charge in [-0.1, -0.05) is 0 Å². The summed E-state index contributed by atoms with van der Waals surface area (Å²) in [5.74, 6) is 0.155. The molecule has 0 aliphatic carbocycles. The Morgan fingerprint density at radius 2 is 1.90 bits per heavy atom. The molecule has 8 nitrogen and oxygen atoms in total. The number of anilines is 1. The minimum absolute atomic E-state index is 0.0809. The van der Waals surface area contributed by atoms with E-state index in [1.807, 2.05) is 4.90 Å². The summed E-state index contributed by atoms with van der Waals surface area (Å²) in [7, 11) is 0. The number of hydrogen-bond donors (Lipinski definition) is 2. The average Bonchev–Trinajstić information content (AvgIpc) is 2.74. The van der Waals surface area contributed by atoms with Gasteiger partial charge >= 0.3 is 12.0 Å². The molecule has 2 N–H and O–H groups in total. The Labute approximate surface area is 172 Å². The topological polar surface area (TPSA) is 83.1 Å². The van der Waals surface area contributed by atoms with Crippen molar-refractivity contribution in [2.24, 2.45) is 0 Å². The Bertz CT molecular complexity index is 676. The van der Waals surface area contributed by atoms with E-state index in [4.69, 9.17) is 9.47 Å². The maximum absolute atomic E-state index is 12.7. The molecule has 2 heterocycles. The Balaban J connectivity index is 1.46. The number of hydrogen-bond acceptors (Lipinski definition) is 6. The van der Waals surface area contributed by atoms with Gasteiger partial charge in [-0.25, -0.2) is 9.59 Å². The molecule has 2 saturated heterocycles. The first-order valence-corrected chi connectivity index (χ1v) is 10.5. The lowest BCUT2D eigenvalue weighted by Crippen LogP contribution is -2.58. The molecule has 2 aliphatic heterocycles. The fraction of sp³-hybridized carbons (Fsp3) is 0.619. The van der Waals surface area contributed by atoms with Gasteiger partial charge in [0.2, 0.25) is 0 Å². The van der Waals surface area contributed by atoms with E-state index in [1.54, 1.807) is 31.2 Å². The van der Waals surface area contributed by atoms with E-state index in [-0.39, 0.29) is 18.7 Å². The Kier molecular flexibility index (Phi) is 7.71. The van der Waals surface area contributed by atoms with Gasteiger partial charge in [0.05, 0.1) is 6.61 Å². The number of amides is 2. The summed E-state index contributed by atoms with van der Waals surface area (Å²) in [5, 5.41) is 6.37. The number of rotatable bonds is 6. The zero-order valence-electron chi connectivity index (χ0n) is 17.4. The van der Waals surface area contributed by atoms with Crippen molar-refractivity contribution in [3.8, 4) is 5.75 Å².